The molecule has 0 fully saturated rings. The Morgan fingerprint density at radius 1 is 1.29 bits per heavy atom. The molecular weight excluding hydrogens is 259 g/mol. The molecule has 4 nitrogen and oxygen atoms in total. The number of benzene rings is 1. The van der Waals surface area contributed by atoms with Crippen LogP contribution in [-0.2, 0) is 0 Å². The summed E-state index contributed by atoms with van der Waals surface area (Å²) in [6.45, 7) is 3.74. The third-order valence-corrected chi connectivity index (χ3v) is 3.16. The Kier molecular flexibility index (Phi) is 3.38. The zero-order valence-electron chi connectivity index (χ0n) is 9.48. The highest BCUT2D eigenvalue weighted by molar-refractivity contribution is 6.35. The Morgan fingerprint density at radius 3 is 2.59 bits per heavy atom. The minimum atomic E-state index is -0.163. The van der Waals surface area contributed by atoms with Gasteiger partial charge in [0.1, 0.15) is 0 Å². The smallest absolute Gasteiger partial charge is 0.0995 e. The Hall–Kier alpha value is -1.10. The molecule has 0 aliphatic heterocycles. The summed E-state index contributed by atoms with van der Waals surface area (Å²) in [4.78, 5) is 0. The number of nitrogens with two attached hydrogens (primary N) is 1. The van der Waals surface area contributed by atoms with Crippen molar-refractivity contribution in [2.45, 2.75) is 19.9 Å². The second-order valence-corrected chi connectivity index (χ2v) is 4.74. The maximum atomic E-state index is 6.15. The van der Waals surface area contributed by atoms with E-state index in [-0.39, 0.29) is 6.04 Å². The molecule has 6 heteroatoms. The fourth-order valence-electron chi connectivity index (χ4n) is 1.41. The van der Waals surface area contributed by atoms with E-state index >= 15 is 0 Å². The first kappa shape index (κ1) is 12.4. The number of rotatable bonds is 2. The SMILES string of the molecule is Cc1cc(Cl)c(-n2cc(C(C)N)nn2)cc1Cl. The molecule has 2 N–H and O–H groups in total. The van der Waals surface area contributed by atoms with Crippen molar-refractivity contribution in [3.05, 3.63) is 39.6 Å². The Bertz CT molecular complexity index is 548. The number of aryl methyl sites for hydroxylation is 1. The fourth-order valence-corrected chi connectivity index (χ4v) is 1.88. The van der Waals surface area contributed by atoms with Crippen LogP contribution in [0.25, 0.3) is 5.69 Å². The van der Waals surface area contributed by atoms with Crippen molar-refractivity contribution in [1.82, 2.24) is 15.0 Å². The van der Waals surface area contributed by atoms with Crippen LogP contribution in [0.1, 0.15) is 24.2 Å². The summed E-state index contributed by atoms with van der Waals surface area (Å²) in [5.41, 5.74) is 8.05. The van der Waals surface area contributed by atoms with Crippen molar-refractivity contribution in [3.63, 3.8) is 0 Å². The molecule has 90 valence electrons. The van der Waals surface area contributed by atoms with Gasteiger partial charge < -0.3 is 5.73 Å². The largest absolute Gasteiger partial charge is 0.323 e. The second kappa shape index (κ2) is 4.64. The number of hydrogen-bond donors (Lipinski definition) is 1. The van der Waals surface area contributed by atoms with Gasteiger partial charge >= 0.3 is 0 Å². The minimum Gasteiger partial charge on any atom is -0.323 e. The van der Waals surface area contributed by atoms with Gasteiger partial charge in [0.2, 0.25) is 0 Å². The van der Waals surface area contributed by atoms with Crippen LogP contribution in [0.15, 0.2) is 18.3 Å². The van der Waals surface area contributed by atoms with E-state index in [1.807, 2.05) is 13.8 Å². The summed E-state index contributed by atoms with van der Waals surface area (Å²) in [5, 5.41) is 9.17. The van der Waals surface area contributed by atoms with Crippen molar-refractivity contribution in [3.8, 4) is 5.69 Å². The first-order valence-electron chi connectivity index (χ1n) is 5.13. The minimum absolute atomic E-state index is 0.163. The summed E-state index contributed by atoms with van der Waals surface area (Å²) >= 11 is 12.2. The Labute approximate surface area is 109 Å². The molecule has 0 aliphatic carbocycles. The zero-order valence-corrected chi connectivity index (χ0v) is 11.0. The number of hydrogen-bond acceptors (Lipinski definition) is 3. The molecule has 0 spiro atoms. The quantitative estimate of drug-likeness (QED) is 0.913. The summed E-state index contributed by atoms with van der Waals surface area (Å²) < 4.78 is 1.58. The highest BCUT2D eigenvalue weighted by atomic mass is 35.5. The first-order chi connectivity index (χ1) is 7.99. The van der Waals surface area contributed by atoms with Crippen molar-refractivity contribution in [2.24, 2.45) is 5.73 Å². The predicted molar refractivity (Wildman–Crippen MR) is 68.7 cm³/mol. The van der Waals surface area contributed by atoms with Gasteiger partial charge in [-0.15, -0.1) is 5.10 Å². The van der Waals surface area contributed by atoms with Crippen LogP contribution in [0.2, 0.25) is 10.0 Å². The average molecular weight is 271 g/mol. The molecule has 17 heavy (non-hydrogen) atoms. The maximum absolute atomic E-state index is 6.15. The third-order valence-electron chi connectivity index (χ3n) is 2.45. The van der Waals surface area contributed by atoms with E-state index in [1.165, 1.54) is 0 Å². The fraction of sp³-hybridized carbons (Fsp3) is 0.273. The monoisotopic (exact) mass is 270 g/mol. The van der Waals surface area contributed by atoms with E-state index in [1.54, 1.807) is 23.0 Å². The molecule has 1 unspecified atom stereocenters. The zero-order chi connectivity index (χ0) is 12.6. The molecule has 1 atom stereocenters. The van der Waals surface area contributed by atoms with Gasteiger partial charge in [-0.25, -0.2) is 4.68 Å². The van der Waals surface area contributed by atoms with Gasteiger partial charge in [0, 0.05) is 11.1 Å². The van der Waals surface area contributed by atoms with Crippen molar-refractivity contribution >= 4 is 23.2 Å². The molecule has 1 aromatic carbocycles. The first-order valence-corrected chi connectivity index (χ1v) is 5.88. The highest BCUT2D eigenvalue weighted by Gasteiger charge is 2.10. The topological polar surface area (TPSA) is 56.7 Å². The van der Waals surface area contributed by atoms with Gasteiger partial charge in [-0.1, -0.05) is 28.4 Å². The lowest BCUT2D eigenvalue weighted by Crippen LogP contribution is -2.04. The lowest BCUT2D eigenvalue weighted by Gasteiger charge is -2.06. The maximum Gasteiger partial charge on any atom is 0.0995 e. The Morgan fingerprint density at radius 2 is 2.00 bits per heavy atom. The van der Waals surface area contributed by atoms with Crippen LogP contribution in [0.3, 0.4) is 0 Å². The van der Waals surface area contributed by atoms with Crippen molar-refractivity contribution < 1.29 is 0 Å². The van der Waals surface area contributed by atoms with E-state index in [0.717, 1.165) is 5.56 Å². The lowest BCUT2D eigenvalue weighted by molar-refractivity contribution is 0.756. The summed E-state index contributed by atoms with van der Waals surface area (Å²) in [5.74, 6) is 0. The molecule has 2 rings (SSSR count). The lowest BCUT2D eigenvalue weighted by atomic mass is 10.2. The molecule has 0 amide bonds. The van der Waals surface area contributed by atoms with Crippen LogP contribution >= 0.6 is 23.2 Å². The average Bonchev–Trinajstić information content (AvgIpc) is 2.72. The number of halogens is 2. The third kappa shape index (κ3) is 2.44. The molecule has 1 heterocycles. The number of aromatic nitrogens is 3. The van der Waals surface area contributed by atoms with Crippen molar-refractivity contribution in [2.75, 3.05) is 0 Å². The molecule has 2 aromatic rings. The van der Waals surface area contributed by atoms with Gasteiger partial charge in [0.15, 0.2) is 0 Å². The van der Waals surface area contributed by atoms with E-state index in [4.69, 9.17) is 28.9 Å². The van der Waals surface area contributed by atoms with Crippen LogP contribution in [-0.4, -0.2) is 15.0 Å². The second-order valence-electron chi connectivity index (χ2n) is 3.93. The predicted octanol–water partition coefficient (Wildman–Crippen LogP) is 2.90. The molecule has 0 bridgehead atoms. The van der Waals surface area contributed by atoms with Crippen LogP contribution in [0, 0.1) is 6.92 Å². The van der Waals surface area contributed by atoms with Gasteiger partial charge in [-0.2, -0.15) is 0 Å². The number of nitrogens with zero attached hydrogens (tertiary/aromatic N) is 3. The van der Waals surface area contributed by atoms with Crippen LogP contribution in [0.5, 0.6) is 0 Å². The summed E-state index contributed by atoms with van der Waals surface area (Å²) in [7, 11) is 0. The van der Waals surface area contributed by atoms with Crippen molar-refractivity contribution in [1.29, 1.82) is 0 Å². The molecule has 0 saturated carbocycles. The molecule has 0 radical (unpaired) electrons. The Balaban J connectivity index is 2.49. The summed E-state index contributed by atoms with van der Waals surface area (Å²) in [6.07, 6.45) is 1.75. The van der Waals surface area contributed by atoms with Gasteiger partial charge in [-0.05, 0) is 31.5 Å². The summed E-state index contributed by atoms with van der Waals surface area (Å²) in [6, 6.07) is 3.40. The molecule has 0 aliphatic rings. The highest BCUT2D eigenvalue weighted by Crippen LogP contribution is 2.27. The van der Waals surface area contributed by atoms with Gasteiger partial charge in [0.25, 0.3) is 0 Å². The van der Waals surface area contributed by atoms with Gasteiger partial charge in [0.05, 0.1) is 22.6 Å². The van der Waals surface area contributed by atoms with E-state index in [2.05, 4.69) is 10.3 Å². The van der Waals surface area contributed by atoms with E-state index < -0.39 is 0 Å². The molecule has 0 saturated heterocycles. The molecular formula is C11H12Cl2N4. The van der Waals surface area contributed by atoms with Crippen LogP contribution in [0.4, 0.5) is 0 Å². The normalized spacial score (nSPS) is 12.8. The van der Waals surface area contributed by atoms with Gasteiger partial charge in [-0.3, -0.25) is 0 Å². The standard InChI is InChI=1S/C11H12Cl2N4/c1-6-3-9(13)11(4-8(6)12)17-5-10(7(2)14)15-16-17/h3-5,7H,14H2,1-2H3. The van der Waals surface area contributed by atoms with E-state index in [0.29, 0.717) is 21.4 Å². The molecule has 1 aromatic heterocycles. The van der Waals surface area contributed by atoms with Crippen LogP contribution < -0.4 is 5.73 Å². The van der Waals surface area contributed by atoms with E-state index in [9.17, 15) is 0 Å².